The molecule has 146 valence electrons. The van der Waals surface area contributed by atoms with E-state index in [9.17, 15) is 0 Å². The Bertz CT molecular complexity index is 960. The van der Waals surface area contributed by atoms with Crippen molar-refractivity contribution in [2.45, 2.75) is 6.92 Å². The zero-order chi connectivity index (χ0) is 18.9. The minimum atomic E-state index is 0.714. The normalized spacial score (nSPS) is 18.0. The van der Waals surface area contributed by atoms with Crippen molar-refractivity contribution in [2.75, 3.05) is 62.4 Å². The van der Waals surface area contributed by atoms with E-state index in [1.807, 2.05) is 31.7 Å². The summed E-state index contributed by atoms with van der Waals surface area (Å²) in [7, 11) is 0. The van der Waals surface area contributed by atoms with Gasteiger partial charge in [0.1, 0.15) is 0 Å². The molecular formula is C19H23N7O2. The highest BCUT2D eigenvalue weighted by molar-refractivity contribution is 5.73. The summed E-state index contributed by atoms with van der Waals surface area (Å²) >= 11 is 0. The number of nitrogens with zero attached hydrogens (tertiary/aromatic N) is 7. The van der Waals surface area contributed by atoms with Crippen LogP contribution >= 0.6 is 0 Å². The van der Waals surface area contributed by atoms with Crippen LogP contribution < -0.4 is 9.80 Å². The fourth-order valence-electron chi connectivity index (χ4n) is 3.79. The van der Waals surface area contributed by atoms with Crippen LogP contribution in [0.5, 0.6) is 0 Å². The fourth-order valence-corrected chi connectivity index (χ4v) is 3.79. The van der Waals surface area contributed by atoms with Crippen molar-refractivity contribution in [3.63, 3.8) is 0 Å². The smallest absolute Gasteiger partial charge is 0.225 e. The second-order valence-corrected chi connectivity index (χ2v) is 6.96. The number of aromatic nitrogens is 5. The van der Waals surface area contributed by atoms with Crippen LogP contribution in [0.1, 0.15) is 5.69 Å². The van der Waals surface area contributed by atoms with Gasteiger partial charge in [0.25, 0.3) is 0 Å². The lowest BCUT2D eigenvalue weighted by molar-refractivity contribution is 0.122. The molecule has 0 amide bonds. The van der Waals surface area contributed by atoms with Gasteiger partial charge in [-0.3, -0.25) is 4.40 Å². The SMILES string of the molecule is Cc1nc2c(N3CCOCC3)nccn2c1-c1cnc(N2CCOCC2)nc1. The Hall–Kier alpha value is -2.78. The minimum absolute atomic E-state index is 0.714. The van der Waals surface area contributed by atoms with Gasteiger partial charge in [-0.05, 0) is 6.92 Å². The number of anilines is 2. The molecule has 3 aromatic heterocycles. The lowest BCUT2D eigenvalue weighted by Crippen LogP contribution is -2.37. The van der Waals surface area contributed by atoms with Gasteiger partial charge in [-0.2, -0.15) is 0 Å². The standard InChI is InChI=1S/C19H23N7O2/c1-14-16(15-12-21-19(22-13-15)25-6-10-28-11-7-25)26-3-2-20-17(18(26)23-14)24-4-8-27-9-5-24/h2-3,12-13H,4-11H2,1H3. The van der Waals surface area contributed by atoms with Crippen molar-refractivity contribution < 1.29 is 9.47 Å². The fraction of sp³-hybridized carbons (Fsp3) is 0.474. The van der Waals surface area contributed by atoms with Crippen LogP contribution in [0.3, 0.4) is 0 Å². The molecule has 0 N–H and O–H groups in total. The average Bonchev–Trinajstić information content (AvgIpc) is 3.11. The van der Waals surface area contributed by atoms with Gasteiger partial charge in [-0.15, -0.1) is 0 Å². The maximum Gasteiger partial charge on any atom is 0.225 e. The molecule has 0 atom stereocenters. The lowest BCUT2D eigenvalue weighted by atomic mass is 10.2. The molecule has 0 saturated carbocycles. The van der Waals surface area contributed by atoms with Crippen LogP contribution in [0.25, 0.3) is 16.9 Å². The molecule has 9 nitrogen and oxygen atoms in total. The molecule has 0 unspecified atom stereocenters. The summed E-state index contributed by atoms with van der Waals surface area (Å²) in [6.07, 6.45) is 7.53. The molecule has 2 saturated heterocycles. The summed E-state index contributed by atoms with van der Waals surface area (Å²) in [4.78, 5) is 23.0. The first kappa shape index (κ1) is 17.3. The molecule has 0 bridgehead atoms. The van der Waals surface area contributed by atoms with Gasteiger partial charge in [0.15, 0.2) is 11.5 Å². The second kappa shape index (κ2) is 7.33. The first-order valence-electron chi connectivity index (χ1n) is 9.63. The van der Waals surface area contributed by atoms with Crippen molar-refractivity contribution in [1.29, 1.82) is 0 Å². The van der Waals surface area contributed by atoms with Crippen LogP contribution in [-0.4, -0.2) is 76.9 Å². The summed E-state index contributed by atoms with van der Waals surface area (Å²) in [5.41, 5.74) is 3.74. The van der Waals surface area contributed by atoms with E-state index in [0.717, 1.165) is 73.8 Å². The number of imidazole rings is 1. The number of hydrogen-bond acceptors (Lipinski definition) is 8. The molecule has 2 fully saturated rings. The highest BCUT2D eigenvalue weighted by Crippen LogP contribution is 2.28. The Kier molecular flexibility index (Phi) is 4.53. The molecule has 2 aliphatic heterocycles. The summed E-state index contributed by atoms with van der Waals surface area (Å²) in [5, 5.41) is 0. The monoisotopic (exact) mass is 381 g/mol. The summed E-state index contributed by atoms with van der Waals surface area (Å²) < 4.78 is 13.0. The highest BCUT2D eigenvalue weighted by atomic mass is 16.5. The third-order valence-electron chi connectivity index (χ3n) is 5.21. The van der Waals surface area contributed by atoms with Crippen molar-refractivity contribution in [3.8, 4) is 11.3 Å². The van der Waals surface area contributed by atoms with Gasteiger partial charge < -0.3 is 19.3 Å². The molecule has 5 heterocycles. The largest absolute Gasteiger partial charge is 0.378 e. The number of rotatable bonds is 3. The molecular weight excluding hydrogens is 358 g/mol. The Labute approximate surface area is 163 Å². The number of morpholine rings is 2. The number of aryl methyl sites for hydroxylation is 1. The Morgan fingerprint density at radius 2 is 1.50 bits per heavy atom. The van der Waals surface area contributed by atoms with E-state index in [4.69, 9.17) is 14.5 Å². The van der Waals surface area contributed by atoms with E-state index < -0.39 is 0 Å². The van der Waals surface area contributed by atoms with Crippen molar-refractivity contribution in [2.24, 2.45) is 0 Å². The van der Waals surface area contributed by atoms with Crippen LogP contribution in [0, 0.1) is 6.92 Å². The third kappa shape index (κ3) is 3.06. The zero-order valence-electron chi connectivity index (χ0n) is 15.9. The van der Waals surface area contributed by atoms with Crippen LogP contribution in [0.4, 0.5) is 11.8 Å². The molecule has 0 aromatic carbocycles. The predicted molar refractivity (Wildman–Crippen MR) is 105 cm³/mol. The van der Waals surface area contributed by atoms with Crippen LogP contribution in [0.15, 0.2) is 24.8 Å². The Balaban J connectivity index is 1.51. The summed E-state index contributed by atoms with van der Waals surface area (Å²) in [5.74, 6) is 1.64. The van der Waals surface area contributed by atoms with Gasteiger partial charge in [0, 0.05) is 56.5 Å². The van der Waals surface area contributed by atoms with E-state index in [1.54, 1.807) is 0 Å². The molecule has 0 spiro atoms. The van der Waals surface area contributed by atoms with Gasteiger partial charge in [0.05, 0.1) is 37.8 Å². The van der Waals surface area contributed by atoms with Gasteiger partial charge >= 0.3 is 0 Å². The molecule has 9 heteroatoms. The van der Waals surface area contributed by atoms with E-state index in [1.165, 1.54) is 0 Å². The molecule has 0 radical (unpaired) electrons. The van der Waals surface area contributed by atoms with E-state index in [-0.39, 0.29) is 0 Å². The first-order chi connectivity index (χ1) is 13.8. The number of fused-ring (bicyclic) bond motifs is 1. The van der Waals surface area contributed by atoms with E-state index >= 15 is 0 Å². The number of ether oxygens (including phenoxy) is 2. The Morgan fingerprint density at radius 1 is 0.857 bits per heavy atom. The minimum Gasteiger partial charge on any atom is -0.378 e. The topological polar surface area (TPSA) is 80.9 Å². The molecule has 28 heavy (non-hydrogen) atoms. The van der Waals surface area contributed by atoms with Crippen LogP contribution in [0.2, 0.25) is 0 Å². The predicted octanol–water partition coefficient (Wildman–Crippen LogP) is 1.17. The lowest BCUT2D eigenvalue weighted by Gasteiger charge is -2.27. The summed E-state index contributed by atoms with van der Waals surface area (Å²) in [6.45, 7) is 8.17. The Morgan fingerprint density at radius 3 is 2.18 bits per heavy atom. The third-order valence-corrected chi connectivity index (χ3v) is 5.21. The maximum absolute atomic E-state index is 5.47. The first-order valence-corrected chi connectivity index (χ1v) is 9.63. The molecule has 5 rings (SSSR count). The van der Waals surface area contributed by atoms with Gasteiger partial charge in [-0.1, -0.05) is 0 Å². The molecule has 2 aliphatic rings. The van der Waals surface area contributed by atoms with Crippen molar-refractivity contribution in [3.05, 3.63) is 30.5 Å². The van der Waals surface area contributed by atoms with Gasteiger partial charge in [-0.25, -0.2) is 19.9 Å². The molecule has 0 aliphatic carbocycles. The maximum atomic E-state index is 5.47. The second-order valence-electron chi connectivity index (χ2n) is 6.96. The van der Waals surface area contributed by atoms with Gasteiger partial charge in [0.2, 0.25) is 5.95 Å². The van der Waals surface area contributed by atoms with Crippen molar-refractivity contribution >= 4 is 17.4 Å². The highest BCUT2D eigenvalue weighted by Gasteiger charge is 2.21. The quantitative estimate of drug-likeness (QED) is 0.669. The molecule has 3 aromatic rings. The van der Waals surface area contributed by atoms with E-state index in [0.29, 0.717) is 13.2 Å². The number of hydrogen-bond donors (Lipinski definition) is 0. The van der Waals surface area contributed by atoms with E-state index in [2.05, 4.69) is 29.2 Å². The average molecular weight is 381 g/mol. The summed E-state index contributed by atoms with van der Waals surface area (Å²) in [6, 6.07) is 0. The zero-order valence-corrected chi connectivity index (χ0v) is 15.9. The van der Waals surface area contributed by atoms with Crippen LogP contribution in [-0.2, 0) is 9.47 Å². The van der Waals surface area contributed by atoms with Crippen molar-refractivity contribution in [1.82, 2.24) is 24.3 Å².